The standard InChI is InChI=1S/C25H32N4O4/c1-17(29-15-5-6-18(16-29)9-14-23(26)30)24(31)27-20-12-10-19(11-13-20)25(32)28-21-7-3-4-8-22(21)33-2/h3-4,7-8,10-13,17-18H,5-6,9,14-16H2,1-2H3,(H2,26,30)(H,27,31)(H,28,32)/t17-,18+/m1/s1. The van der Waals surface area contributed by atoms with Gasteiger partial charge in [0.1, 0.15) is 5.75 Å². The second-order valence-electron chi connectivity index (χ2n) is 8.41. The molecule has 1 fully saturated rings. The molecule has 0 aromatic heterocycles. The van der Waals surface area contributed by atoms with Crippen molar-refractivity contribution in [3.05, 3.63) is 54.1 Å². The van der Waals surface area contributed by atoms with Gasteiger partial charge < -0.3 is 21.1 Å². The Hall–Kier alpha value is -3.39. The predicted octanol–water partition coefficient (Wildman–Crippen LogP) is 3.25. The number of anilines is 2. The summed E-state index contributed by atoms with van der Waals surface area (Å²) < 4.78 is 5.26. The van der Waals surface area contributed by atoms with Gasteiger partial charge in [0, 0.05) is 24.2 Å². The zero-order valence-corrected chi connectivity index (χ0v) is 19.2. The topological polar surface area (TPSA) is 114 Å². The van der Waals surface area contributed by atoms with Crippen LogP contribution in [0.3, 0.4) is 0 Å². The summed E-state index contributed by atoms with van der Waals surface area (Å²) in [4.78, 5) is 38.6. The summed E-state index contributed by atoms with van der Waals surface area (Å²) in [6.07, 6.45) is 3.20. The minimum atomic E-state index is -0.296. The molecule has 1 saturated heterocycles. The zero-order valence-electron chi connectivity index (χ0n) is 19.2. The number of rotatable bonds is 9. The van der Waals surface area contributed by atoms with Gasteiger partial charge in [-0.3, -0.25) is 19.3 Å². The second-order valence-corrected chi connectivity index (χ2v) is 8.41. The molecule has 8 nitrogen and oxygen atoms in total. The third-order valence-electron chi connectivity index (χ3n) is 6.05. The number of amides is 3. The summed E-state index contributed by atoms with van der Waals surface area (Å²) in [5.41, 5.74) is 6.96. The Bertz CT molecular complexity index is 977. The lowest BCUT2D eigenvalue weighted by molar-refractivity contribution is -0.122. The SMILES string of the molecule is COc1ccccc1NC(=O)c1ccc(NC(=O)[C@@H](C)N2CCC[C@@H](CCC(N)=O)C2)cc1. The first kappa shape index (κ1) is 24.3. The number of benzene rings is 2. The molecule has 8 heteroatoms. The average molecular weight is 453 g/mol. The highest BCUT2D eigenvalue weighted by Gasteiger charge is 2.27. The average Bonchev–Trinajstić information content (AvgIpc) is 2.83. The molecule has 1 heterocycles. The highest BCUT2D eigenvalue weighted by Crippen LogP contribution is 2.25. The zero-order chi connectivity index (χ0) is 23.8. The lowest BCUT2D eigenvalue weighted by Crippen LogP contribution is -2.47. The summed E-state index contributed by atoms with van der Waals surface area (Å²) >= 11 is 0. The number of hydrogen-bond donors (Lipinski definition) is 3. The van der Waals surface area contributed by atoms with Gasteiger partial charge in [-0.1, -0.05) is 12.1 Å². The van der Waals surface area contributed by atoms with E-state index in [-0.39, 0.29) is 23.8 Å². The Labute approximate surface area is 194 Å². The molecule has 0 unspecified atom stereocenters. The van der Waals surface area contributed by atoms with E-state index in [2.05, 4.69) is 15.5 Å². The third kappa shape index (κ3) is 6.79. The molecule has 0 bridgehead atoms. The Balaban J connectivity index is 1.55. The van der Waals surface area contributed by atoms with E-state index in [4.69, 9.17) is 10.5 Å². The number of likely N-dealkylation sites (tertiary alicyclic amines) is 1. The van der Waals surface area contributed by atoms with Crippen LogP contribution in [0.25, 0.3) is 0 Å². The van der Waals surface area contributed by atoms with Gasteiger partial charge >= 0.3 is 0 Å². The predicted molar refractivity (Wildman–Crippen MR) is 128 cm³/mol. The molecule has 0 radical (unpaired) electrons. The fraction of sp³-hybridized carbons (Fsp3) is 0.400. The molecule has 1 aliphatic heterocycles. The molecule has 3 amide bonds. The Kier molecular flexibility index (Phi) is 8.43. The van der Waals surface area contributed by atoms with Crippen molar-refractivity contribution in [3.8, 4) is 5.75 Å². The molecule has 0 spiro atoms. The maximum atomic E-state index is 12.8. The lowest BCUT2D eigenvalue weighted by Gasteiger charge is -2.36. The highest BCUT2D eigenvalue weighted by molar-refractivity contribution is 6.05. The van der Waals surface area contributed by atoms with Crippen LogP contribution in [0.5, 0.6) is 5.75 Å². The summed E-state index contributed by atoms with van der Waals surface area (Å²) in [5, 5.41) is 5.77. The van der Waals surface area contributed by atoms with Crippen LogP contribution in [0.15, 0.2) is 48.5 Å². The van der Waals surface area contributed by atoms with Crippen LogP contribution in [0.2, 0.25) is 0 Å². The van der Waals surface area contributed by atoms with Crippen molar-refractivity contribution in [2.45, 2.75) is 38.6 Å². The van der Waals surface area contributed by atoms with Crippen LogP contribution >= 0.6 is 0 Å². The molecule has 1 aliphatic rings. The van der Waals surface area contributed by atoms with Crippen LogP contribution < -0.4 is 21.1 Å². The molecule has 0 saturated carbocycles. The monoisotopic (exact) mass is 452 g/mol. The minimum Gasteiger partial charge on any atom is -0.495 e. The lowest BCUT2D eigenvalue weighted by atomic mass is 9.92. The smallest absolute Gasteiger partial charge is 0.255 e. The van der Waals surface area contributed by atoms with Gasteiger partial charge in [0.05, 0.1) is 18.8 Å². The maximum Gasteiger partial charge on any atom is 0.255 e. The van der Waals surface area contributed by atoms with Crippen molar-refractivity contribution in [3.63, 3.8) is 0 Å². The third-order valence-corrected chi connectivity index (χ3v) is 6.05. The van der Waals surface area contributed by atoms with E-state index in [0.717, 1.165) is 32.4 Å². The molecule has 2 atom stereocenters. The van der Waals surface area contributed by atoms with Crippen molar-refractivity contribution in [2.75, 3.05) is 30.8 Å². The maximum absolute atomic E-state index is 12.8. The Morgan fingerprint density at radius 1 is 1.12 bits per heavy atom. The van der Waals surface area contributed by atoms with Gasteiger partial charge in [-0.25, -0.2) is 0 Å². The van der Waals surface area contributed by atoms with Gasteiger partial charge in [0.25, 0.3) is 5.91 Å². The minimum absolute atomic E-state index is 0.100. The molecular formula is C25H32N4O4. The summed E-state index contributed by atoms with van der Waals surface area (Å²) in [5.74, 6) is 0.316. The largest absolute Gasteiger partial charge is 0.495 e. The summed E-state index contributed by atoms with van der Waals surface area (Å²) in [6.45, 7) is 3.52. The highest BCUT2D eigenvalue weighted by atomic mass is 16.5. The number of ether oxygens (including phenoxy) is 1. The van der Waals surface area contributed by atoms with Crippen LogP contribution in [0.1, 0.15) is 43.0 Å². The molecule has 0 aliphatic carbocycles. The van der Waals surface area contributed by atoms with E-state index in [0.29, 0.717) is 35.0 Å². The van der Waals surface area contributed by atoms with Crippen molar-refractivity contribution in [1.82, 2.24) is 4.90 Å². The van der Waals surface area contributed by atoms with Crippen LogP contribution in [-0.2, 0) is 9.59 Å². The summed E-state index contributed by atoms with van der Waals surface area (Å²) in [6, 6.07) is 13.7. The molecule has 176 valence electrons. The number of hydrogen-bond acceptors (Lipinski definition) is 5. The first-order valence-corrected chi connectivity index (χ1v) is 11.2. The van der Waals surface area contributed by atoms with Gasteiger partial charge in [0.15, 0.2) is 0 Å². The number of nitrogens with zero attached hydrogens (tertiary/aromatic N) is 1. The van der Waals surface area contributed by atoms with E-state index >= 15 is 0 Å². The first-order valence-electron chi connectivity index (χ1n) is 11.2. The van der Waals surface area contributed by atoms with Gasteiger partial charge in [-0.2, -0.15) is 0 Å². The number of methoxy groups -OCH3 is 1. The van der Waals surface area contributed by atoms with E-state index in [1.54, 1.807) is 43.5 Å². The van der Waals surface area contributed by atoms with Crippen LogP contribution in [-0.4, -0.2) is 48.9 Å². The van der Waals surface area contributed by atoms with Gasteiger partial charge in [-0.05, 0) is 75.0 Å². The van der Waals surface area contributed by atoms with Gasteiger partial charge in [0.2, 0.25) is 11.8 Å². The molecule has 2 aromatic carbocycles. The van der Waals surface area contributed by atoms with Crippen LogP contribution in [0.4, 0.5) is 11.4 Å². The number of carbonyl (C=O) groups is 3. The fourth-order valence-electron chi connectivity index (χ4n) is 4.09. The molecule has 4 N–H and O–H groups in total. The van der Waals surface area contributed by atoms with Crippen molar-refractivity contribution in [1.29, 1.82) is 0 Å². The Morgan fingerprint density at radius 3 is 2.55 bits per heavy atom. The number of piperidine rings is 1. The quantitative estimate of drug-likeness (QED) is 0.540. The fourth-order valence-corrected chi connectivity index (χ4v) is 4.09. The van der Waals surface area contributed by atoms with E-state index in [9.17, 15) is 14.4 Å². The molecular weight excluding hydrogens is 420 g/mol. The molecule has 3 rings (SSSR count). The summed E-state index contributed by atoms with van der Waals surface area (Å²) in [7, 11) is 1.55. The van der Waals surface area contributed by atoms with E-state index in [1.165, 1.54) is 0 Å². The van der Waals surface area contributed by atoms with Crippen molar-refractivity contribution < 1.29 is 19.1 Å². The van der Waals surface area contributed by atoms with Gasteiger partial charge in [-0.15, -0.1) is 0 Å². The Morgan fingerprint density at radius 2 is 1.85 bits per heavy atom. The van der Waals surface area contributed by atoms with Crippen LogP contribution in [0, 0.1) is 5.92 Å². The van der Waals surface area contributed by atoms with Crippen molar-refractivity contribution in [2.24, 2.45) is 11.7 Å². The van der Waals surface area contributed by atoms with E-state index in [1.807, 2.05) is 19.1 Å². The number of nitrogens with one attached hydrogen (secondary N) is 2. The van der Waals surface area contributed by atoms with E-state index < -0.39 is 0 Å². The normalized spacial score (nSPS) is 17.1. The molecule has 2 aromatic rings. The second kappa shape index (κ2) is 11.5. The first-order chi connectivity index (χ1) is 15.9. The van der Waals surface area contributed by atoms with Crippen molar-refractivity contribution >= 4 is 29.1 Å². The number of primary amides is 1. The number of nitrogens with two attached hydrogens (primary N) is 1. The number of carbonyl (C=O) groups excluding carboxylic acids is 3. The number of para-hydroxylation sites is 2. The molecule has 33 heavy (non-hydrogen) atoms.